The summed E-state index contributed by atoms with van der Waals surface area (Å²) in [5.41, 5.74) is 6.92. The number of imidazole rings is 1. The molecule has 0 amide bonds. The number of aromatic nitrogens is 4. The second-order valence-corrected chi connectivity index (χ2v) is 8.37. The van der Waals surface area contributed by atoms with Gasteiger partial charge in [-0.2, -0.15) is 0 Å². The lowest BCUT2D eigenvalue weighted by molar-refractivity contribution is -0.832. The number of nitrogens with one attached hydrogen (secondary N) is 3. The first-order valence-electron chi connectivity index (χ1n) is 9.58. The first kappa shape index (κ1) is 22.1. The number of guanidine groups is 1. The highest BCUT2D eigenvalue weighted by atomic mass is 32.2. The first-order chi connectivity index (χ1) is 15.0. The number of aryl methyl sites for hydroxylation is 1. The second kappa shape index (κ2) is 10.4. The van der Waals surface area contributed by atoms with E-state index in [0.717, 1.165) is 18.5 Å². The molecular weight excluding hydrogens is 426 g/mol. The topological polar surface area (TPSA) is 177 Å². The van der Waals surface area contributed by atoms with Gasteiger partial charge in [0.2, 0.25) is 0 Å². The molecule has 12 nitrogen and oxygen atoms in total. The van der Waals surface area contributed by atoms with E-state index in [4.69, 9.17) is 10.5 Å². The van der Waals surface area contributed by atoms with Crippen LogP contribution in [0.4, 0.5) is 0 Å². The van der Waals surface area contributed by atoms with E-state index in [2.05, 4.69) is 30.1 Å². The van der Waals surface area contributed by atoms with Crippen molar-refractivity contribution in [2.24, 2.45) is 5.73 Å². The molecule has 2 aromatic heterocycles. The molecule has 13 heteroatoms. The number of sulfone groups is 1. The Morgan fingerprint density at radius 1 is 1.32 bits per heavy atom. The van der Waals surface area contributed by atoms with Gasteiger partial charge in [0.1, 0.15) is 0 Å². The van der Waals surface area contributed by atoms with Crippen molar-refractivity contribution >= 4 is 15.8 Å². The van der Waals surface area contributed by atoms with Crippen molar-refractivity contribution in [3.05, 3.63) is 53.8 Å². The van der Waals surface area contributed by atoms with Crippen LogP contribution in [0.5, 0.6) is 5.88 Å². The lowest BCUT2D eigenvalue weighted by Gasteiger charge is -2.03. The average Bonchev–Trinajstić information content (AvgIpc) is 3.41. The fraction of sp³-hybridized carbons (Fsp3) is 0.333. The molecule has 1 aromatic carbocycles. The molecule has 166 valence electrons. The van der Waals surface area contributed by atoms with Crippen LogP contribution in [0.25, 0.3) is 0 Å². The van der Waals surface area contributed by atoms with Crippen LogP contribution >= 0.6 is 0 Å². The van der Waals surface area contributed by atoms with E-state index in [0.29, 0.717) is 25.5 Å². The van der Waals surface area contributed by atoms with Gasteiger partial charge in [0.15, 0.2) is 0 Å². The van der Waals surface area contributed by atoms with Crippen molar-refractivity contribution in [3.63, 3.8) is 0 Å². The summed E-state index contributed by atoms with van der Waals surface area (Å²) in [4.78, 5) is 9.75. The summed E-state index contributed by atoms with van der Waals surface area (Å²) >= 11 is 0. The highest BCUT2D eigenvalue weighted by Gasteiger charge is 2.35. The second-order valence-electron chi connectivity index (χ2n) is 6.51. The smallest absolute Gasteiger partial charge is 0.414 e. The standard InChI is InChI=1S/C18H23N7O5S/c19-18(21-9-4-6-14-12-20-13-23-14)22-10-5-11-29-16-17(25(26)30-24-16)31(27,28)15-7-2-1-3-8-15/h1-3,7-8,12-13H,4-6,9-11H2,(H,20,23)(H3,19,21,22)/p+1. The number of nitrogens with two attached hydrogens (primary N) is 1. The van der Waals surface area contributed by atoms with Crippen LogP contribution in [0.1, 0.15) is 18.5 Å². The Kier molecular flexibility index (Phi) is 7.43. The predicted molar refractivity (Wildman–Crippen MR) is 107 cm³/mol. The van der Waals surface area contributed by atoms with Crippen molar-refractivity contribution in [1.29, 1.82) is 0 Å². The summed E-state index contributed by atoms with van der Waals surface area (Å²) in [6.45, 7) is 1.26. The molecule has 2 heterocycles. The summed E-state index contributed by atoms with van der Waals surface area (Å²) in [7, 11) is -4.13. The van der Waals surface area contributed by atoms with Gasteiger partial charge in [-0.15, -0.1) is 0 Å². The fourth-order valence-corrected chi connectivity index (χ4v) is 3.99. The van der Waals surface area contributed by atoms with Gasteiger partial charge in [0.25, 0.3) is 9.84 Å². The molecule has 0 unspecified atom stereocenters. The van der Waals surface area contributed by atoms with Crippen LogP contribution in [-0.2, 0) is 16.3 Å². The Balaban J connectivity index is 1.44. The molecule has 0 radical (unpaired) electrons. The predicted octanol–water partition coefficient (Wildman–Crippen LogP) is -1.75. The molecule has 0 atom stereocenters. The number of hydrogen-bond donors (Lipinski definition) is 4. The van der Waals surface area contributed by atoms with E-state index in [-0.39, 0.29) is 22.3 Å². The minimum atomic E-state index is -4.13. The van der Waals surface area contributed by atoms with Crippen LogP contribution in [0.3, 0.4) is 0 Å². The van der Waals surface area contributed by atoms with E-state index in [1.54, 1.807) is 30.7 Å². The van der Waals surface area contributed by atoms with Gasteiger partial charge in [0.05, 0.1) is 36.1 Å². The van der Waals surface area contributed by atoms with Gasteiger partial charge >= 0.3 is 16.9 Å². The fourth-order valence-electron chi connectivity index (χ4n) is 2.69. The van der Waals surface area contributed by atoms with Crippen LogP contribution in [0, 0.1) is 5.21 Å². The molecule has 0 bridgehead atoms. The lowest BCUT2D eigenvalue weighted by atomic mass is 10.2. The Morgan fingerprint density at radius 3 is 2.87 bits per heavy atom. The summed E-state index contributed by atoms with van der Waals surface area (Å²) in [5.74, 6) is 0.0449. The van der Waals surface area contributed by atoms with Crippen molar-refractivity contribution in [3.8, 4) is 5.88 Å². The Labute approximate surface area is 178 Å². The number of ether oxygens (including phenoxy) is 1. The zero-order valence-electron chi connectivity index (χ0n) is 16.7. The minimum absolute atomic E-state index is 0.0599. The van der Waals surface area contributed by atoms with Crippen molar-refractivity contribution in [2.45, 2.75) is 29.2 Å². The van der Waals surface area contributed by atoms with Crippen molar-refractivity contribution in [2.75, 3.05) is 19.7 Å². The van der Waals surface area contributed by atoms with E-state index >= 15 is 0 Å². The molecule has 5 N–H and O–H groups in total. The third-order valence-electron chi connectivity index (χ3n) is 4.22. The van der Waals surface area contributed by atoms with Gasteiger partial charge in [-0.3, -0.25) is 20.7 Å². The Hall–Kier alpha value is -3.61. The summed E-state index contributed by atoms with van der Waals surface area (Å²) in [5, 5.41) is 17.6. The molecule has 0 aliphatic rings. The van der Waals surface area contributed by atoms with E-state index in [1.807, 2.05) is 0 Å². The normalized spacial score (nSPS) is 12.1. The first-order valence-corrected chi connectivity index (χ1v) is 11.1. The molecule has 0 saturated carbocycles. The van der Waals surface area contributed by atoms with Crippen LogP contribution in [-0.4, -0.2) is 49.2 Å². The molecule has 0 aliphatic heterocycles. The molecule has 0 spiro atoms. The van der Waals surface area contributed by atoms with Gasteiger partial charge in [-0.25, -0.2) is 13.4 Å². The van der Waals surface area contributed by atoms with Crippen molar-refractivity contribution in [1.82, 2.24) is 20.4 Å². The largest absolute Gasteiger partial charge is 0.454 e. The van der Waals surface area contributed by atoms with Crippen LogP contribution < -0.4 is 25.7 Å². The molecule has 31 heavy (non-hydrogen) atoms. The summed E-state index contributed by atoms with van der Waals surface area (Å²) in [6, 6.07) is 7.51. The summed E-state index contributed by atoms with van der Waals surface area (Å²) < 4.78 is 35.1. The maximum absolute atomic E-state index is 12.7. The quantitative estimate of drug-likeness (QED) is 0.114. The zero-order valence-corrected chi connectivity index (χ0v) is 17.5. The minimum Gasteiger partial charge on any atom is -0.454 e. The molecule has 3 rings (SSSR count). The van der Waals surface area contributed by atoms with E-state index in [1.165, 1.54) is 12.1 Å². The number of nitrogens with zero attached hydrogens (tertiary/aromatic N) is 3. The highest BCUT2D eigenvalue weighted by molar-refractivity contribution is 7.91. The zero-order chi connectivity index (χ0) is 22.1. The lowest BCUT2D eigenvalue weighted by Crippen LogP contribution is -2.79. The number of benzene rings is 1. The maximum Gasteiger partial charge on any atom is 0.414 e. The van der Waals surface area contributed by atoms with Gasteiger partial charge in [-0.1, -0.05) is 18.2 Å². The van der Waals surface area contributed by atoms with Crippen molar-refractivity contribution < 1.29 is 27.7 Å². The Morgan fingerprint density at radius 2 is 2.13 bits per heavy atom. The number of hydrogen-bond acceptors (Lipinski definition) is 7. The monoisotopic (exact) mass is 450 g/mol. The molecule has 0 saturated heterocycles. The van der Waals surface area contributed by atoms with Crippen LogP contribution in [0.2, 0.25) is 0 Å². The molecule has 3 aromatic rings. The molecule has 0 fully saturated rings. The third kappa shape index (κ3) is 5.94. The molecular formula is C18H24N7O5S+. The van der Waals surface area contributed by atoms with Gasteiger partial charge in [-0.05, 0) is 29.9 Å². The third-order valence-corrected chi connectivity index (χ3v) is 5.95. The highest BCUT2D eigenvalue weighted by Crippen LogP contribution is 2.24. The summed E-state index contributed by atoms with van der Waals surface area (Å²) in [6.07, 6.45) is 5.65. The average molecular weight is 451 g/mol. The van der Waals surface area contributed by atoms with Gasteiger partial charge in [0, 0.05) is 18.3 Å². The molecule has 0 aliphatic carbocycles. The Bertz CT molecular complexity index is 1080. The number of rotatable bonds is 11. The maximum atomic E-state index is 12.7. The number of H-pyrrole nitrogens is 1. The SMILES string of the molecule is NC(NCCCc1cnc[nH]1)=[NH+]CCCOc1no[n+]([O-])c1S(=O)(=O)c1ccccc1. The number of aromatic amines is 1. The van der Waals surface area contributed by atoms with Crippen LogP contribution in [0.15, 0.2) is 57.4 Å². The van der Waals surface area contributed by atoms with E-state index in [9.17, 15) is 13.6 Å². The van der Waals surface area contributed by atoms with E-state index < -0.39 is 14.9 Å². The van der Waals surface area contributed by atoms with Gasteiger partial charge < -0.3 is 14.9 Å².